The molecule has 0 saturated heterocycles. The van der Waals surface area contributed by atoms with Crippen LogP contribution in [0.3, 0.4) is 0 Å². The summed E-state index contributed by atoms with van der Waals surface area (Å²) in [6, 6.07) is 35.2. The van der Waals surface area contributed by atoms with Crippen LogP contribution in [-0.4, -0.2) is 13.0 Å². The monoisotopic (exact) mass is 489 g/mol. The quantitative estimate of drug-likeness (QED) is 0.227. The summed E-state index contributed by atoms with van der Waals surface area (Å²) < 4.78 is 18.0. The second-order valence-electron chi connectivity index (χ2n) is 8.65. The minimum atomic E-state index is -0.298. The highest BCUT2D eigenvalue weighted by atomic mass is 16.5. The average Bonchev–Trinajstić information content (AvgIpc) is 3.39. The Morgan fingerprint density at radius 1 is 0.838 bits per heavy atom. The van der Waals surface area contributed by atoms with Crippen molar-refractivity contribution >= 4 is 28.1 Å². The summed E-state index contributed by atoms with van der Waals surface area (Å²) in [4.78, 5) is 12.6. The Hall–Kier alpha value is -4.77. The lowest BCUT2D eigenvalue weighted by molar-refractivity contribution is -0.111. The van der Waals surface area contributed by atoms with E-state index < -0.39 is 0 Å². The summed E-state index contributed by atoms with van der Waals surface area (Å²) in [5.74, 6) is 1.73. The molecule has 0 bridgehead atoms. The maximum absolute atomic E-state index is 12.6. The zero-order valence-corrected chi connectivity index (χ0v) is 20.7. The van der Waals surface area contributed by atoms with Gasteiger partial charge in [-0.3, -0.25) is 4.79 Å². The van der Waals surface area contributed by atoms with E-state index in [4.69, 9.17) is 13.9 Å². The number of methoxy groups -OCH3 is 1. The summed E-state index contributed by atoms with van der Waals surface area (Å²) in [5, 5.41) is 3.76. The smallest absolute Gasteiger partial charge is 0.248 e. The predicted molar refractivity (Wildman–Crippen MR) is 147 cm³/mol. The molecular weight excluding hydrogens is 462 g/mol. The summed E-state index contributed by atoms with van der Waals surface area (Å²) in [6.45, 7) is 1.85. The lowest BCUT2D eigenvalue weighted by Gasteiger charge is -2.20. The van der Waals surface area contributed by atoms with E-state index in [2.05, 4.69) is 29.6 Å². The van der Waals surface area contributed by atoms with Crippen molar-refractivity contribution in [1.82, 2.24) is 0 Å². The van der Waals surface area contributed by atoms with Crippen LogP contribution in [0, 0.1) is 0 Å². The van der Waals surface area contributed by atoms with Gasteiger partial charge in [-0.2, -0.15) is 0 Å². The van der Waals surface area contributed by atoms with Gasteiger partial charge in [0.15, 0.2) is 11.3 Å². The highest BCUT2D eigenvalue weighted by Crippen LogP contribution is 2.36. The first-order valence-electron chi connectivity index (χ1n) is 12.0. The van der Waals surface area contributed by atoms with Crippen molar-refractivity contribution in [2.45, 2.75) is 13.0 Å². The molecule has 0 aliphatic heterocycles. The summed E-state index contributed by atoms with van der Waals surface area (Å²) in [6.07, 6.45) is 1.23. The number of ether oxygens (including phenoxy) is 2. The molecule has 1 heterocycles. The first-order chi connectivity index (χ1) is 18.1. The average molecular weight is 490 g/mol. The molecule has 0 radical (unpaired) electrons. The van der Waals surface area contributed by atoms with Crippen molar-refractivity contribution in [3.63, 3.8) is 0 Å². The van der Waals surface area contributed by atoms with Crippen LogP contribution in [0.15, 0.2) is 120 Å². The van der Waals surface area contributed by atoms with Crippen molar-refractivity contribution in [1.29, 1.82) is 0 Å². The molecule has 184 valence electrons. The zero-order valence-electron chi connectivity index (χ0n) is 20.7. The molecule has 0 spiro atoms. The lowest BCUT2D eigenvalue weighted by atomic mass is 10.0. The fourth-order valence-electron chi connectivity index (χ4n) is 4.16. The number of benzene rings is 4. The third-order valence-electron chi connectivity index (χ3n) is 6.05. The minimum absolute atomic E-state index is 0.243. The number of nitrogens with one attached hydrogen (secondary N) is 1. The standard InChI is InChI=1S/C32H27NO4/c1-22(20-30(34)33-26-16-18-27(35-2)19-17-26)29-21-25-14-9-15-28(32(25)37-29)36-31(23-10-5-3-6-11-23)24-12-7-4-8-13-24/h3-21,31H,1-2H3,(H,33,34)/b22-20+. The number of carbonyl (C=O) groups excluding carboxylic acids is 1. The number of hydrogen-bond acceptors (Lipinski definition) is 4. The highest BCUT2D eigenvalue weighted by molar-refractivity contribution is 6.04. The molecule has 5 aromatic rings. The van der Waals surface area contributed by atoms with E-state index >= 15 is 0 Å². The van der Waals surface area contributed by atoms with E-state index in [1.807, 2.05) is 67.6 Å². The largest absolute Gasteiger partial charge is 0.497 e. The molecule has 0 atom stereocenters. The maximum Gasteiger partial charge on any atom is 0.248 e. The van der Waals surface area contributed by atoms with Crippen molar-refractivity contribution in [3.8, 4) is 11.5 Å². The van der Waals surface area contributed by atoms with Crippen molar-refractivity contribution in [2.75, 3.05) is 12.4 Å². The van der Waals surface area contributed by atoms with Crippen LogP contribution in [0.2, 0.25) is 0 Å². The summed E-state index contributed by atoms with van der Waals surface area (Å²) in [5.41, 5.74) is 4.11. The van der Waals surface area contributed by atoms with E-state index in [1.54, 1.807) is 31.4 Å². The van der Waals surface area contributed by atoms with Gasteiger partial charge in [0.2, 0.25) is 5.91 Å². The molecular formula is C32H27NO4. The number of carbonyl (C=O) groups is 1. The second kappa shape index (κ2) is 10.9. The van der Waals surface area contributed by atoms with Crippen LogP contribution < -0.4 is 14.8 Å². The SMILES string of the molecule is COc1ccc(NC(=O)/C=C(\C)c2cc3cccc(OC(c4ccccc4)c4ccccc4)c3o2)cc1. The van der Waals surface area contributed by atoms with Gasteiger partial charge in [-0.15, -0.1) is 0 Å². The van der Waals surface area contributed by atoms with Crippen LogP contribution in [0.25, 0.3) is 16.5 Å². The van der Waals surface area contributed by atoms with Crippen LogP contribution >= 0.6 is 0 Å². The van der Waals surface area contributed by atoms with Crippen LogP contribution in [0.1, 0.15) is 29.9 Å². The van der Waals surface area contributed by atoms with Crippen LogP contribution in [0.4, 0.5) is 5.69 Å². The predicted octanol–water partition coefficient (Wildman–Crippen LogP) is 7.65. The number of para-hydroxylation sites is 1. The number of allylic oxidation sites excluding steroid dienone is 1. The molecule has 0 saturated carbocycles. The topological polar surface area (TPSA) is 60.7 Å². The Morgan fingerprint density at radius 2 is 1.49 bits per heavy atom. The van der Waals surface area contributed by atoms with Gasteiger partial charge in [-0.25, -0.2) is 0 Å². The van der Waals surface area contributed by atoms with E-state index in [0.29, 0.717) is 28.4 Å². The molecule has 1 aromatic heterocycles. The summed E-state index contributed by atoms with van der Waals surface area (Å²) >= 11 is 0. The first-order valence-corrected chi connectivity index (χ1v) is 12.0. The summed E-state index contributed by atoms with van der Waals surface area (Å²) in [7, 11) is 1.60. The first kappa shape index (κ1) is 23.9. The van der Waals surface area contributed by atoms with Gasteiger partial charge < -0.3 is 19.2 Å². The van der Waals surface area contributed by atoms with Gasteiger partial charge in [-0.1, -0.05) is 72.8 Å². The Kier molecular flexibility index (Phi) is 7.04. The molecule has 4 aromatic carbocycles. The number of hydrogen-bond donors (Lipinski definition) is 1. The third-order valence-corrected chi connectivity index (χ3v) is 6.05. The van der Waals surface area contributed by atoms with Crippen molar-refractivity contribution in [2.24, 2.45) is 0 Å². The Bertz CT molecular complexity index is 1480. The van der Waals surface area contributed by atoms with E-state index in [-0.39, 0.29) is 12.0 Å². The molecule has 5 heteroatoms. The maximum atomic E-state index is 12.6. The van der Waals surface area contributed by atoms with Gasteiger partial charge in [0.25, 0.3) is 0 Å². The van der Waals surface area contributed by atoms with E-state index in [1.165, 1.54) is 6.08 Å². The number of fused-ring (bicyclic) bond motifs is 1. The van der Waals surface area contributed by atoms with E-state index in [0.717, 1.165) is 22.3 Å². The fourth-order valence-corrected chi connectivity index (χ4v) is 4.16. The zero-order chi connectivity index (χ0) is 25.6. The highest BCUT2D eigenvalue weighted by Gasteiger charge is 2.19. The van der Waals surface area contributed by atoms with Crippen molar-refractivity contribution < 1.29 is 18.7 Å². The molecule has 37 heavy (non-hydrogen) atoms. The van der Waals surface area contributed by atoms with Crippen LogP contribution in [0.5, 0.6) is 11.5 Å². The molecule has 5 nitrogen and oxygen atoms in total. The Morgan fingerprint density at radius 3 is 2.11 bits per heavy atom. The fraction of sp³-hybridized carbons (Fsp3) is 0.0938. The second-order valence-corrected chi connectivity index (χ2v) is 8.65. The van der Waals surface area contributed by atoms with Gasteiger partial charge in [0.1, 0.15) is 17.6 Å². The van der Waals surface area contributed by atoms with Gasteiger partial charge in [0.05, 0.1) is 7.11 Å². The molecule has 0 unspecified atom stereocenters. The van der Waals surface area contributed by atoms with Crippen molar-refractivity contribution in [3.05, 3.63) is 132 Å². The van der Waals surface area contributed by atoms with Crippen LogP contribution in [-0.2, 0) is 4.79 Å². The number of furan rings is 1. The molecule has 0 aliphatic carbocycles. The van der Waals surface area contributed by atoms with Gasteiger partial charge in [0, 0.05) is 17.1 Å². The molecule has 1 N–H and O–H groups in total. The number of amides is 1. The number of anilines is 1. The van der Waals surface area contributed by atoms with Gasteiger partial charge in [-0.05, 0) is 60.0 Å². The Balaban J connectivity index is 1.41. The Labute approximate surface area is 216 Å². The van der Waals surface area contributed by atoms with Gasteiger partial charge >= 0.3 is 0 Å². The molecule has 5 rings (SSSR count). The molecule has 1 amide bonds. The third kappa shape index (κ3) is 5.57. The lowest BCUT2D eigenvalue weighted by Crippen LogP contribution is -2.09. The molecule has 0 aliphatic rings. The normalized spacial score (nSPS) is 11.5. The number of rotatable bonds is 8. The van der Waals surface area contributed by atoms with E-state index in [9.17, 15) is 4.79 Å². The molecule has 0 fully saturated rings. The minimum Gasteiger partial charge on any atom is -0.497 e.